The molecule has 112 valence electrons. The molecule has 0 aliphatic heterocycles. The minimum Gasteiger partial charge on any atom is -0.477 e. The van der Waals surface area contributed by atoms with Crippen LogP contribution in [0.2, 0.25) is 0 Å². The first-order valence-corrected chi connectivity index (χ1v) is 6.13. The molecule has 3 rings (SSSR count). The molecule has 2 aromatic heterocycles. The third-order valence-corrected chi connectivity index (χ3v) is 3.01. The van der Waals surface area contributed by atoms with Gasteiger partial charge in [0.05, 0.1) is 5.69 Å². The van der Waals surface area contributed by atoms with E-state index in [1.807, 2.05) is 0 Å². The van der Waals surface area contributed by atoms with Crippen molar-refractivity contribution in [2.75, 3.05) is 0 Å². The molecule has 0 aliphatic rings. The van der Waals surface area contributed by atoms with Crippen LogP contribution in [0, 0.1) is 0 Å². The van der Waals surface area contributed by atoms with Crippen molar-refractivity contribution in [2.45, 2.75) is 6.18 Å². The van der Waals surface area contributed by atoms with Crippen molar-refractivity contribution in [3.63, 3.8) is 0 Å². The normalized spacial score (nSPS) is 11.8. The van der Waals surface area contributed by atoms with E-state index in [9.17, 15) is 18.0 Å². The average molecular weight is 307 g/mol. The van der Waals surface area contributed by atoms with E-state index < -0.39 is 17.8 Å². The van der Waals surface area contributed by atoms with Crippen LogP contribution in [0.5, 0.6) is 0 Å². The number of halogens is 3. The topological polar surface area (TPSA) is 67.5 Å². The second-order valence-electron chi connectivity index (χ2n) is 4.50. The fraction of sp³-hybridized carbons (Fsp3) is 0.0714. The Bertz CT molecular complexity index is 857. The zero-order valence-electron chi connectivity index (χ0n) is 10.9. The van der Waals surface area contributed by atoms with Crippen molar-refractivity contribution in [1.82, 2.24) is 14.6 Å². The smallest absolute Gasteiger partial charge is 0.435 e. The Balaban J connectivity index is 2.33. The summed E-state index contributed by atoms with van der Waals surface area (Å²) in [5.41, 5.74) is -0.890. The van der Waals surface area contributed by atoms with Crippen LogP contribution in [-0.4, -0.2) is 25.7 Å². The summed E-state index contributed by atoms with van der Waals surface area (Å²) < 4.78 is 39.4. The fourth-order valence-corrected chi connectivity index (χ4v) is 2.04. The third kappa shape index (κ3) is 2.39. The molecule has 0 unspecified atom stereocenters. The average Bonchev–Trinajstić information content (AvgIpc) is 2.91. The summed E-state index contributed by atoms with van der Waals surface area (Å²) in [7, 11) is 0. The summed E-state index contributed by atoms with van der Waals surface area (Å²) in [6.07, 6.45) is -4.63. The van der Waals surface area contributed by atoms with Gasteiger partial charge in [-0.25, -0.2) is 14.3 Å². The molecular weight excluding hydrogens is 299 g/mol. The van der Waals surface area contributed by atoms with E-state index in [1.165, 1.54) is 6.07 Å². The number of benzene rings is 1. The third-order valence-electron chi connectivity index (χ3n) is 3.01. The Morgan fingerprint density at radius 3 is 2.41 bits per heavy atom. The highest BCUT2D eigenvalue weighted by molar-refractivity contribution is 5.87. The van der Waals surface area contributed by atoms with Crippen LogP contribution in [0.25, 0.3) is 16.9 Å². The molecule has 22 heavy (non-hydrogen) atoms. The van der Waals surface area contributed by atoms with Gasteiger partial charge in [0.2, 0.25) is 0 Å². The lowest BCUT2D eigenvalue weighted by molar-refractivity contribution is -0.141. The number of carboxylic acids is 1. The van der Waals surface area contributed by atoms with Crippen LogP contribution >= 0.6 is 0 Å². The van der Waals surface area contributed by atoms with E-state index in [0.29, 0.717) is 5.56 Å². The van der Waals surface area contributed by atoms with Crippen LogP contribution in [0.1, 0.15) is 16.2 Å². The molecule has 1 aromatic carbocycles. The van der Waals surface area contributed by atoms with E-state index in [-0.39, 0.29) is 17.0 Å². The summed E-state index contributed by atoms with van der Waals surface area (Å²) in [5, 5.41) is 12.6. The summed E-state index contributed by atoms with van der Waals surface area (Å²) >= 11 is 0. The van der Waals surface area contributed by atoms with Gasteiger partial charge in [-0.2, -0.15) is 18.3 Å². The highest BCUT2D eigenvalue weighted by Crippen LogP contribution is 2.30. The summed E-state index contributed by atoms with van der Waals surface area (Å²) in [6.45, 7) is 0. The lowest BCUT2D eigenvalue weighted by atomic mass is 10.1. The van der Waals surface area contributed by atoms with Crippen molar-refractivity contribution in [3.8, 4) is 11.3 Å². The molecule has 3 aromatic rings. The number of aromatic carboxylic acids is 1. The molecule has 0 atom stereocenters. The molecule has 0 spiro atoms. The fourth-order valence-electron chi connectivity index (χ4n) is 2.04. The van der Waals surface area contributed by atoms with Crippen LogP contribution in [0.3, 0.4) is 0 Å². The van der Waals surface area contributed by atoms with Gasteiger partial charge in [0.1, 0.15) is 0 Å². The van der Waals surface area contributed by atoms with Gasteiger partial charge in [-0.1, -0.05) is 30.3 Å². The van der Waals surface area contributed by atoms with E-state index in [0.717, 1.165) is 10.6 Å². The molecule has 0 aliphatic carbocycles. The monoisotopic (exact) mass is 307 g/mol. The zero-order valence-corrected chi connectivity index (χ0v) is 10.9. The first-order valence-electron chi connectivity index (χ1n) is 6.13. The van der Waals surface area contributed by atoms with Gasteiger partial charge in [0.25, 0.3) is 0 Å². The maximum atomic E-state index is 12.8. The van der Waals surface area contributed by atoms with Gasteiger partial charge in [-0.05, 0) is 6.07 Å². The number of hydrogen-bond acceptors (Lipinski definition) is 3. The quantitative estimate of drug-likeness (QED) is 0.790. The minimum absolute atomic E-state index is 0.175. The Kier molecular flexibility index (Phi) is 3.09. The molecule has 0 radical (unpaired) electrons. The van der Waals surface area contributed by atoms with Crippen LogP contribution in [-0.2, 0) is 6.18 Å². The number of aromatic nitrogens is 3. The van der Waals surface area contributed by atoms with Crippen LogP contribution < -0.4 is 0 Å². The van der Waals surface area contributed by atoms with E-state index in [1.54, 1.807) is 30.3 Å². The van der Waals surface area contributed by atoms with Crippen LogP contribution in [0.4, 0.5) is 13.2 Å². The second kappa shape index (κ2) is 4.83. The molecule has 0 bridgehead atoms. The number of carbonyl (C=O) groups is 1. The predicted molar refractivity (Wildman–Crippen MR) is 70.4 cm³/mol. The molecule has 2 heterocycles. The number of rotatable bonds is 2. The van der Waals surface area contributed by atoms with E-state index in [4.69, 9.17) is 5.11 Å². The first kappa shape index (κ1) is 14.1. The van der Waals surface area contributed by atoms with Crippen molar-refractivity contribution in [1.29, 1.82) is 0 Å². The van der Waals surface area contributed by atoms with Gasteiger partial charge in [-0.15, -0.1) is 0 Å². The Hall–Kier alpha value is -2.90. The van der Waals surface area contributed by atoms with Gasteiger partial charge in [0.15, 0.2) is 17.0 Å². The maximum absolute atomic E-state index is 12.8. The molecule has 5 nitrogen and oxygen atoms in total. The highest BCUT2D eigenvalue weighted by Gasteiger charge is 2.34. The molecule has 0 saturated heterocycles. The Morgan fingerprint density at radius 2 is 1.82 bits per heavy atom. The SMILES string of the molecule is O=C(O)c1cc(-c2ccccc2)n2nc(C(F)(F)F)cc2n1. The number of hydrogen-bond donors (Lipinski definition) is 1. The van der Waals surface area contributed by atoms with Crippen molar-refractivity contribution < 1.29 is 23.1 Å². The molecule has 0 saturated carbocycles. The molecule has 0 amide bonds. The van der Waals surface area contributed by atoms with Gasteiger partial charge in [-0.3, -0.25) is 0 Å². The van der Waals surface area contributed by atoms with E-state index in [2.05, 4.69) is 10.1 Å². The number of fused-ring (bicyclic) bond motifs is 1. The van der Waals surface area contributed by atoms with Gasteiger partial charge in [0, 0.05) is 11.6 Å². The molecule has 1 N–H and O–H groups in total. The lowest BCUT2D eigenvalue weighted by Gasteiger charge is -2.06. The lowest BCUT2D eigenvalue weighted by Crippen LogP contribution is -2.07. The summed E-state index contributed by atoms with van der Waals surface area (Å²) in [6, 6.07) is 10.3. The number of carboxylic acid groups (broad SMARTS) is 1. The summed E-state index contributed by atoms with van der Waals surface area (Å²) in [4.78, 5) is 14.8. The number of nitrogens with zero attached hydrogens (tertiary/aromatic N) is 3. The van der Waals surface area contributed by atoms with Crippen molar-refractivity contribution >= 4 is 11.6 Å². The van der Waals surface area contributed by atoms with Crippen LogP contribution in [0.15, 0.2) is 42.5 Å². The van der Waals surface area contributed by atoms with Gasteiger partial charge >= 0.3 is 12.1 Å². The standard InChI is InChI=1S/C14H8F3N3O2/c15-14(16,17)11-7-12-18-9(13(21)22)6-10(20(12)19-11)8-4-2-1-3-5-8/h1-7H,(H,21,22). The molecule has 8 heteroatoms. The summed E-state index contributed by atoms with van der Waals surface area (Å²) in [5.74, 6) is -1.32. The minimum atomic E-state index is -4.63. The van der Waals surface area contributed by atoms with Crippen molar-refractivity contribution in [3.05, 3.63) is 53.9 Å². The van der Waals surface area contributed by atoms with E-state index >= 15 is 0 Å². The maximum Gasteiger partial charge on any atom is 0.435 e. The largest absolute Gasteiger partial charge is 0.477 e. The zero-order chi connectivity index (χ0) is 15.9. The Morgan fingerprint density at radius 1 is 1.14 bits per heavy atom. The Labute approximate surface area is 121 Å². The molecule has 0 fully saturated rings. The molecular formula is C14H8F3N3O2. The second-order valence-corrected chi connectivity index (χ2v) is 4.50. The van der Waals surface area contributed by atoms with Gasteiger partial charge < -0.3 is 5.11 Å². The predicted octanol–water partition coefficient (Wildman–Crippen LogP) is 3.11. The first-order chi connectivity index (χ1) is 10.4. The highest BCUT2D eigenvalue weighted by atomic mass is 19.4. The number of alkyl halides is 3. The van der Waals surface area contributed by atoms with Crippen molar-refractivity contribution in [2.24, 2.45) is 0 Å².